The van der Waals surface area contributed by atoms with Crippen LogP contribution in [0.15, 0.2) is 0 Å². The van der Waals surface area contributed by atoms with Gasteiger partial charge in [-0.3, -0.25) is 0 Å². The first-order valence-corrected chi connectivity index (χ1v) is 7.58. The van der Waals surface area contributed by atoms with E-state index in [0.717, 1.165) is 12.8 Å². The zero-order chi connectivity index (χ0) is 13.1. The summed E-state index contributed by atoms with van der Waals surface area (Å²) in [5, 5.41) is 7.98. The quantitative estimate of drug-likeness (QED) is 0.804. The monoisotopic (exact) mass is 259 g/mol. The lowest BCUT2D eigenvalue weighted by Crippen LogP contribution is -2.51. The van der Waals surface area contributed by atoms with Crippen molar-refractivity contribution in [2.45, 2.75) is 44.4 Å². The number of nitriles is 1. The van der Waals surface area contributed by atoms with E-state index < -0.39 is 15.3 Å². The molecule has 1 fully saturated rings. The molecule has 0 aromatic heterocycles. The van der Waals surface area contributed by atoms with E-state index in [2.05, 4.69) is 6.92 Å². The molecule has 1 rings (SSSR count). The van der Waals surface area contributed by atoms with Crippen LogP contribution >= 0.6 is 0 Å². The second kappa shape index (κ2) is 5.80. The Kier molecular flexibility index (Phi) is 4.92. The predicted molar refractivity (Wildman–Crippen MR) is 66.6 cm³/mol. The maximum atomic E-state index is 12.3. The van der Waals surface area contributed by atoms with Gasteiger partial charge >= 0.3 is 0 Å². The highest BCUT2D eigenvalue weighted by Gasteiger charge is 2.38. The molecule has 0 saturated carbocycles. The van der Waals surface area contributed by atoms with Gasteiger partial charge in [-0.25, -0.2) is 8.42 Å². The van der Waals surface area contributed by atoms with E-state index in [1.807, 2.05) is 6.07 Å². The maximum Gasteiger partial charge on any atom is 0.230 e. The smallest absolute Gasteiger partial charge is 0.230 e. The van der Waals surface area contributed by atoms with Crippen LogP contribution in [0.2, 0.25) is 0 Å². The molecular weight excluding hydrogens is 238 g/mol. The van der Waals surface area contributed by atoms with Crippen LogP contribution in [0.1, 0.15) is 33.1 Å². The molecule has 1 aliphatic heterocycles. The van der Waals surface area contributed by atoms with Gasteiger partial charge in [0.05, 0.1) is 6.07 Å². The van der Waals surface area contributed by atoms with Gasteiger partial charge in [0.1, 0.15) is 0 Å². The van der Waals surface area contributed by atoms with Crippen molar-refractivity contribution in [3.8, 4) is 6.07 Å². The van der Waals surface area contributed by atoms with Crippen molar-refractivity contribution in [1.82, 2.24) is 4.31 Å². The van der Waals surface area contributed by atoms with E-state index >= 15 is 0 Å². The topological polar surface area (TPSA) is 87.2 Å². The van der Waals surface area contributed by atoms with Crippen molar-refractivity contribution in [1.29, 1.82) is 5.26 Å². The van der Waals surface area contributed by atoms with Crippen LogP contribution < -0.4 is 5.73 Å². The Labute approximate surface area is 104 Å². The van der Waals surface area contributed by atoms with Crippen molar-refractivity contribution in [2.75, 3.05) is 13.1 Å². The average molecular weight is 259 g/mol. The Morgan fingerprint density at radius 3 is 2.71 bits per heavy atom. The standard InChI is InChI=1S/C11H21N3O2S/c1-3-11(8-13)17(15,16)14-5-4-9(2)6-10(14)7-12/h9-11H,3-7,12H2,1-2H3. The minimum Gasteiger partial charge on any atom is -0.329 e. The zero-order valence-corrected chi connectivity index (χ0v) is 11.3. The fraction of sp³-hybridized carbons (Fsp3) is 0.909. The van der Waals surface area contributed by atoms with Gasteiger partial charge < -0.3 is 5.73 Å². The summed E-state index contributed by atoms with van der Waals surface area (Å²) in [6.45, 7) is 4.64. The van der Waals surface area contributed by atoms with Crippen LogP contribution in [-0.2, 0) is 10.0 Å². The summed E-state index contributed by atoms with van der Waals surface area (Å²) in [4.78, 5) is 0. The molecule has 1 saturated heterocycles. The molecule has 1 aliphatic rings. The lowest BCUT2D eigenvalue weighted by molar-refractivity contribution is 0.210. The Bertz CT molecular complexity index is 388. The van der Waals surface area contributed by atoms with E-state index in [1.54, 1.807) is 6.92 Å². The molecule has 0 spiro atoms. The SMILES string of the molecule is CCC(C#N)S(=O)(=O)N1CCC(C)CC1CN. The first kappa shape index (κ1) is 14.4. The molecule has 3 unspecified atom stereocenters. The van der Waals surface area contributed by atoms with Crippen molar-refractivity contribution in [3.05, 3.63) is 0 Å². The Morgan fingerprint density at radius 1 is 1.59 bits per heavy atom. The first-order chi connectivity index (χ1) is 7.97. The van der Waals surface area contributed by atoms with E-state index in [1.165, 1.54) is 4.31 Å². The number of rotatable bonds is 4. The number of hydrogen-bond acceptors (Lipinski definition) is 4. The van der Waals surface area contributed by atoms with E-state index in [4.69, 9.17) is 11.0 Å². The largest absolute Gasteiger partial charge is 0.329 e. The molecule has 0 amide bonds. The number of piperidine rings is 1. The fourth-order valence-electron chi connectivity index (χ4n) is 2.31. The molecule has 0 aliphatic carbocycles. The maximum absolute atomic E-state index is 12.3. The second-order valence-corrected chi connectivity index (χ2v) is 6.77. The summed E-state index contributed by atoms with van der Waals surface area (Å²) in [7, 11) is -3.52. The predicted octanol–water partition coefficient (Wildman–Crippen LogP) is 0.678. The molecule has 17 heavy (non-hydrogen) atoms. The molecule has 0 aromatic carbocycles. The summed E-state index contributed by atoms with van der Waals surface area (Å²) >= 11 is 0. The Morgan fingerprint density at radius 2 is 2.24 bits per heavy atom. The van der Waals surface area contributed by atoms with Gasteiger partial charge in [0.2, 0.25) is 10.0 Å². The normalized spacial score (nSPS) is 28.6. The van der Waals surface area contributed by atoms with Crippen LogP contribution in [0.25, 0.3) is 0 Å². The van der Waals surface area contributed by atoms with Gasteiger partial charge in [0.25, 0.3) is 0 Å². The van der Waals surface area contributed by atoms with Crippen LogP contribution in [0, 0.1) is 17.2 Å². The molecule has 6 heteroatoms. The minimum atomic E-state index is -3.52. The van der Waals surface area contributed by atoms with Gasteiger partial charge in [0.15, 0.2) is 5.25 Å². The molecular formula is C11H21N3O2S. The highest BCUT2D eigenvalue weighted by molar-refractivity contribution is 7.90. The number of hydrogen-bond donors (Lipinski definition) is 1. The third-order valence-electron chi connectivity index (χ3n) is 3.40. The van der Waals surface area contributed by atoms with Crippen molar-refractivity contribution >= 4 is 10.0 Å². The molecule has 0 aromatic rings. The fourth-order valence-corrected chi connectivity index (χ4v) is 4.14. The zero-order valence-electron chi connectivity index (χ0n) is 10.5. The van der Waals surface area contributed by atoms with Crippen LogP contribution in [0.4, 0.5) is 0 Å². The van der Waals surface area contributed by atoms with Gasteiger partial charge in [-0.1, -0.05) is 13.8 Å². The molecule has 0 radical (unpaired) electrons. The molecule has 1 heterocycles. The summed E-state index contributed by atoms with van der Waals surface area (Å²) in [5.41, 5.74) is 5.65. The molecule has 3 atom stereocenters. The van der Waals surface area contributed by atoms with Crippen molar-refractivity contribution < 1.29 is 8.42 Å². The van der Waals surface area contributed by atoms with E-state index in [0.29, 0.717) is 25.4 Å². The summed E-state index contributed by atoms with van der Waals surface area (Å²) in [5.74, 6) is 0.497. The summed E-state index contributed by atoms with van der Waals surface area (Å²) in [6, 6.07) is 1.73. The Balaban J connectivity index is 2.94. The number of sulfonamides is 1. The molecule has 98 valence electrons. The van der Waals surface area contributed by atoms with Crippen LogP contribution in [0.3, 0.4) is 0 Å². The average Bonchev–Trinajstić information content (AvgIpc) is 2.29. The van der Waals surface area contributed by atoms with Gasteiger partial charge in [-0.05, 0) is 25.2 Å². The summed E-state index contributed by atoms with van der Waals surface area (Å²) in [6.07, 6.45) is 1.96. The third kappa shape index (κ3) is 2.97. The van der Waals surface area contributed by atoms with Gasteiger partial charge in [-0.2, -0.15) is 9.57 Å². The van der Waals surface area contributed by atoms with Crippen molar-refractivity contribution in [2.24, 2.45) is 11.7 Å². The van der Waals surface area contributed by atoms with Gasteiger partial charge in [-0.15, -0.1) is 0 Å². The van der Waals surface area contributed by atoms with E-state index in [-0.39, 0.29) is 6.04 Å². The highest BCUT2D eigenvalue weighted by atomic mass is 32.2. The first-order valence-electron chi connectivity index (χ1n) is 6.07. The summed E-state index contributed by atoms with van der Waals surface area (Å²) < 4.78 is 26.0. The third-order valence-corrected chi connectivity index (χ3v) is 5.69. The highest BCUT2D eigenvalue weighted by Crippen LogP contribution is 2.26. The lowest BCUT2D eigenvalue weighted by atomic mass is 9.94. The Hall–Kier alpha value is -0.640. The number of nitrogens with zero attached hydrogens (tertiary/aromatic N) is 2. The lowest BCUT2D eigenvalue weighted by Gasteiger charge is -2.37. The van der Waals surface area contributed by atoms with Crippen LogP contribution in [-0.4, -0.2) is 37.1 Å². The molecule has 2 N–H and O–H groups in total. The second-order valence-electron chi connectivity index (χ2n) is 4.70. The molecule has 0 bridgehead atoms. The van der Waals surface area contributed by atoms with Crippen molar-refractivity contribution in [3.63, 3.8) is 0 Å². The van der Waals surface area contributed by atoms with Gasteiger partial charge in [0, 0.05) is 19.1 Å². The van der Waals surface area contributed by atoms with E-state index in [9.17, 15) is 8.42 Å². The minimum absolute atomic E-state index is 0.147. The molecule has 5 nitrogen and oxygen atoms in total. The number of nitrogens with two attached hydrogens (primary N) is 1. The van der Waals surface area contributed by atoms with Crippen LogP contribution in [0.5, 0.6) is 0 Å².